The maximum Gasteiger partial charge on any atom is 0.338 e. The van der Waals surface area contributed by atoms with Crippen LogP contribution in [0.5, 0.6) is 0 Å². The first-order valence-electron chi connectivity index (χ1n) is 8.36. The second-order valence-corrected chi connectivity index (χ2v) is 5.68. The van der Waals surface area contributed by atoms with E-state index in [0.29, 0.717) is 29.5 Å². The summed E-state index contributed by atoms with van der Waals surface area (Å²) >= 11 is 0. The van der Waals surface area contributed by atoms with Gasteiger partial charge >= 0.3 is 5.97 Å². The number of benzene rings is 2. The van der Waals surface area contributed by atoms with E-state index in [2.05, 4.69) is 15.3 Å². The van der Waals surface area contributed by atoms with E-state index >= 15 is 0 Å². The summed E-state index contributed by atoms with van der Waals surface area (Å²) in [6.07, 6.45) is 0.780. The van der Waals surface area contributed by atoms with Crippen LogP contribution in [0.4, 0.5) is 11.6 Å². The number of hydrogen-bond acceptors (Lipinski definition) is 5. The van der Waals surface area contributed by atoms with Crippen molar-refractivity contribution in [1.29, 1.82) is 0 Å². The fourth-order valence-electron chi connectivity index (χ4n) is 2.38. The van der Waals surface area contributed by atoms with Gasteiger partial charge in [0.2, 0.25) is 5.95 Å². The first kappa shape index (κ1) is 17.4. The van der Waals surface area contributed by atoms with Gasteiger partial charge < -0.3 is 10.1 Å². The van der Waals surface area contributed by atoms with Crippen molar-refractivity contribution in [3.63, 3.8) is 0 Å². The van der Waals surface area contributed by atoms with Gasteiger partial charge in [-0.05, 0) is 30.7 Å². The van der Waals surface area contributed by atoms with Crippen molar-refractivity contribution in [3.8, 4) is 11.3 Å². The molecule has 6 heteroatoms. The molecule has 0 amide bonds. The minimum atomic E-state index is -0.351. The van der Waals surface area contributed by atoms with E-state index in [0.717, 1.165) is 12.0 Å². The van der Waals surface area contributed by atoms with Crippen molar-refractivity contribution >= 4 is 17.6 Å². The Labute approximate surface area is 150 Å². The number of ether oxygens (including phenoxy) is 1. The second kappa shape index (κ2) is 8.11. The Kier molecular flexibility index (Phi) is 5.43. The lowest BCUT2D eigenvalue weighted by Gasteiger charge is -2.08. The van der Waals surface area contributed by atoms with Gasteiger partial charge in [-0.15, -0.1) is 0 Å². The van der Waals surface area contributed by atoms with Crippen LogP contribution in [-0.2, 0) is 4.74 Å². The van der Waals surface area contributed by atoms with Crippen LogP contribution >= 0.6 is 0 Å². The zero-order valence-electron chi connectivity index (χ0n) is 14.4. The Hall–Kier alpha value is -3.41. The van der Waals surface area contributed by atoms with E-state index in [9.17, 15) is 9.59 Å². The van der Waals surface area contributed by atoms with Crippen molar-refractivity contribution in [2.24, 2.45) is 0 Å². The molecule has 3 aromatic rings. The van der Waals surface area contributed by atoms with Crippen molar-refractivity contribution in [2.45, 2.75) is 13.3 Å². The zero-order valence-corrected chi connectivity index (χ0v) is 14.4. The van der Waals surface area contributed by atoms with Crippen molar-refractivity contribution in [1.82, 2.24) is 9.97 Å². The SMILES string of the molecule is CCCOC(=O)c1ccc(Nc2nc(-c3ccccc3)cc(=O)[nH]2)cc1. The van der Waals surface area contributed by atoms with E-state index < -0.39 is 0 Å². The number of hydrogen-bond donors (Lipinski definition) is 2. The maximum absolute atomic E-state index is 11.9. The quantitative estimate of drug-likeness (QED) is 0.662. The van der Waals surface area contributed by atoms with Crippen LogP contribution in [0, 0.1) is 0 Å². The highest BCUT2D eigenvalue weighted by Crippen LogP contribution is 2.18. The van der Waals surface area contributed by atoms with Crippen LogP contribution in [0.15, 0.2) is 65.5 Å². The third-order valence-electron chi connectivity index (χ3n) is 3.63. The molecule has 6 nitrogen and oxygen atoms in total. The lowest BCUT2D eigenvalue weighted by molar-refractivity contribution is 0.0505. The fourth-order valence-corrected chi connectivity index (χ4v) is 2.38. The molecule has 2 aromatic carbocycles. The van der Waals surface area contributed by atoms with E-state index in [1.165, 1.54) is 6.07 Å². The van der Waals surface area contributed by atoms with Crippen LogP contribution in [0.1, 0.15) is 23.7 Å². The second-order valence-electron chi connectivity index (χ2n) is 5.68. The van der Waals surface area contributed by atoms with Crippen molar-refractivity contribution in [2.75, 3.05) is 11.9 Å². The normalized spacial score (nSPS) is 10.3. The molecule has 26 heavy (non-hydrogen) atoms. The third kappa shape index (κ3) is 4.36. The van der Waals surface area contributed by atoms with E-state index in [1.807, 2.05) is 37.3 Å². The molecule has 0 saturated carbocycles. The highest BCUT2D eigenvalue weighted by molar-refractivity contribution is 5.89. The molecule has 3 rings (SSSR count). The molecule has 0 aliphatic heterocycles. The van der Waals surface area contributed by atoms with Gasteiger partial charge in [0.1, 0.15) is 0 Å². The summed E-state index contributed by atoms with van der Waals surface area (Å²) in [6.45, 7) is 2.34. The average Bonchev–Trinajstić information content (AvgIpc) is 2.67. The zero-order chi connectivity index (χ0) is 18.4. The van der Waals surface area contributed by atoms with Crippen LogP contribution in [0.2, 0.25) is 0 Å². The number of rotatable bonds is 6. The minimum absolute atomic E-state index is 0.249. The predicted molar refractivity (Wildman–Crippen MR) is 101 cm³/mol. The molecule has 0 atom stereocenters. The van der Waals surface area contributed by atoms with Crippen molar-refractivity contribution in [3.05, 3.63) is 76.6 Å². The van der Waals surface area contributed by atoms with Gasteiger partial charge in [0, 0.05) is 17.3 Å². The number of H-pyrrole nitrogens is 1. The fraction of sp³-hybridized carbons (Fsp3) is 0.150. The molecule has 1 heterocycles. The number of aromatic nitrogens is 2. The molecule has 1 aromatic heterocycles. The van der Waals surface area contributed by atoms with Crippen LogP contribution < -0.4 is 10.9 Å². The standard InChI is InChI=1S/C20H19N3O3/c1-2-12-26-19(25)15-8-10-16(11-9-15)21-20-22-17(13-18(24)23-20)14-6-4-3-5-7-14/h3-11,13H,2,12H2,1H3,(H2,21,22,23,24). The van der Waals surface area contributed by atoms with Gasteiger partial charge in [0.25, 0.3) is 5.56 Å². The predicted octanol–water partition coefficient (Wildman–Crippen LogP) is 3.75. The largest absolute Gasteiger partial charge is 0.462 e. The van der Waals surface area contributed by atoms with Crippen LogP contribution in [0.3, 0.4) is 0 Å². The summed E-state index contributed by atoms with van der Waals surface area (Å²) in [5, 5.41) is 3.05. The molecule has 0 unspecified atom stereocenters. The number of carbonyl (C=O) groups excluding carboxylic acids is 1. The van der Waals surface area contributed by atoms with E-state index in [4.69, 9.17) is 4.74 Å². The third-order valence-corrected chi connectivity index (χ3v) is 3.63. The smallest absolute Gasteiger partial charge is 0.338 e. The molecule has 0 fully saturated rings. The van der Waals surface area contributed by atoms with Gasteiger partial charge in [0.15, 0.2) is 0 Å². The number of nitrogens with zero attached hydrogens (tertiary/aromatic N) is 1. The van der Waals surface area contributed by atoms with Crippen LogP contribution in [0.25, 0.3) is 11.3 Å². The number of esters is 1. The minimum Gasteiger partial charge on any atom is -0.462 e. The monoisotopic (exact) mass is 349 g/mol. The number of carbonyl (C=O) groups is 1. The molecular formula is C20H19N3O3. The lowest BCUT2D eigenvalue weighted by Crippen LogP contribution is -2.10. The molecule has 2 N–H and O–H groups in total. The Bertz CT molecular complexity index is 935. The summed E-state index contributed by atoms with van der Waals surface area (Å²) in [4.78, 5) is 30.8. The Morgan fingerprint density at radius 1 is 1.12 bits per heavy atom. The topological polar surface area (TPSA) is 84.1 Å². The Morgan fingerprint density at radius 3 is 2.54 bits per heavy atom. The Morgan fingerprint density at radius 2 is 1.85 bits per heavy atom. The molecule has 0 saturated heterocycles. The van der Waals surface area contributed by atoms with Crippen molar-refractivity contribution < 1.29 is 9.53 Å². The van der Waals surface area contributed by atoms with E-state index in [1.54, 1.807) is 24.3 Å². The van der Waals surface area contributed by atoms with Crippen LogP contribution in [-0.4, -0.2) is 22.5 Å². The maximum atomic E-state index is 11.9. The number of anilines is 2. The highest BCUT2D eigenvalue weighted by Gasteiger charge is 2.08. The van der Waals surface area contributed by atoms with Gasteiger partial charge in [-0.3, -0.25) is 9.78 Å². The van der Waals surface area contributed by atoms with Gasteiger partial charge in [-0.2, -0.15) is 0 Å². The molecule has 0 spiro atoms. The highest BCUT2D eigenvalue weighted by atomic mass is 16.5. The van der Waals surface area contributed by atoms with Gasteiger partial charge in [-0.1, -0.05) is 37.3 Å². The van der Waals surface area contributed by atoms with Gasteiger partial charge in [0.05, 0.1) is 17.9 Å². The summed E-state index contributed by atoms with van der Waals surface area (Å²) in [5.41, 5.74) is 2.36. The summed E-state index contributed by atoms with van der Waals surface area (Å²) < 4.78 is 5.10. The number of nitrogens with one attached hydrogen (secondary N) is 2. The molecule has 0 bridgehead atoms. The molecule has 0 aliphatic carbocycles. The Balaban J connectivity index is 1.78. The van der Waals surface area contributed by atoms with Gasteiger partial charge in [-0.25, -0.2) is 9.78 Å². The molecule has 0 radical (unpaired) electrons. The number of aromatic amines is 1. The summed E-state index contributed by atoms with van der Waals surface area (Å²) in [6, 6.07) is 17.7. The molecular weight excluding hydrogens is 330 g/mol. The van der Waals surface area contributed by atoms with E-state index in [-0.39, 0.29) is 11.5 Å². The first-order valence-corrected chi connectivity index (χ1v) is 8.36. The summed E-state index contributed by atoms with van der Waals surface area (Å²) in [5.74, 6) is -0.0198. The molecule has 132 valence electrons. The average molecular weight is 349 g/mol. The lowest BCUT2D eigenvalue weighted by atomic mass is 10.1. The first-order chi connectivity index (χ1) is 12.7. The molecule has 0 aliphatic rings. The summed E-state index contributed by atoms with van der Waals surface area (Å²) in [7, 11) is 0.